The summed E-state index contributed by atoms with van der Waals surface area (Å²) in [5.74, 6) is 0.781. The summed E-state index contributed by atoms with van der Waals surface area (Å²) in [6.07, 6.45) is 3.75. The van der Waals surface area contributed by atoms with E-state index in [-0.39, 0.29) is 24.3 Å². The van der Waals surface area contributed by atoms with Crippen molar-refractivity contribution in [2.45, 2.75) is 33.2 Å². The Labute approximate surface area is 242 Å². The molecule has 5 rings (SSSR count). The fourth-order valence-corrected chi connectivity index (χ4v) is 6.07. The number of halogens is 2. The van der Waals surface area contributed by atoms with Crippen LogP contribution in [0.1, 0.15) is 42.0 Å². The van der Waals surface area contributed by atoms with Crippen LogP contribution in [0.4, 0.5) is 4.79 Å². The Morgan fingerprint density at radius 2 is 1.74 bits per heavy atom. The van der Waals surface area contributed by atoms with Crippen molar-refractivity contribution in [3.05, 3.63) is 104 Å². The molecule has 0 unspecified atom stereocenters. The van der Waals surface area contributed by atoms with E-state index in [1.165, 1.54) is 4.90 Å². The van der Waals surface area contributed by atoms with Gasteiger partial charge in [-0.05, 0) is 66.1 Å². The van der Waals surface area contributed by atoms with Crippen molar-refractivity contribution in [1.82, 2.24) is 9.47 Å². The minimum absolute atomic E-state index is 0.181. The molecule has 1 fully saturated rings. The maximum absolute atomic E-state index is 13.2. The van der Waals surface area contributed by atoms with Gasteiger partial charge >= 0.3 is 0 Å². The summed E-state index contributed by atoms with van der Waals surface area (Å²) in [7, 11) is 0. The smallest absolute Gasteiger partial charge is 0.293 e. The topological polar surface area (TPSA) is 51.5 Å². The molecule has 0 atom stereocenters. The van der Waals surface area contributed by atoms with Gasteiger partial charge in [-0.2, -0.15) is 0 Å². The van der Waals surface area contributed by atoms with Gasteiger partial charge in [0.25, 0.3) is 11.1 Å². The van der Waals surface area contributed by atoms with Crippen molar-refractivity contribution < 1.29 is 14.3 Å². The van der Waals surface area contributed by atoms with Gasteiger partial charge in [0.15, 0.2) is 0 Å². The summed E-state index contributed by atoms with van der Waals surface area (Å²) in [5.41, 5.74) is 4.84. The van der Waals surface area contributed by atoms with E-state index in [0.717, 1.165) is 50.7 Å². The monoisotopic (exact) mass is 578 g/mol. The maximum atomic E-state index is 13.2. The molecule has 3 aromatic carbocycles. The number of aromatic nitrogens is 1. The minimum atomic E-state index is -0.312. The quantitative estimate of drug-likeness (QED) is 0.196. The van der Waals surface area contributed by atoms with Crippen molar-refractivity contribution in [2.24, 2.45) is 0 Å². The van der Waals surface area contributed by atoms with E-state index >= 15 is 0 Å². The molecule has 0 saturated carbocycles. The Morgan fingerprint density at radius 3 is 2.49 bits per heavy atom. The Kier molecular flexibility index (Phi) is 8.08. The van der Waals surface area contributed by atoms with Gasteiger partial charge in [-0.3, -0.25) is 14.5 Å². The molecular formula is C31H28Cl2N2O3S. The summed E-state index contributed by atoms with van der Waals surface area (Å²) in [6.45, 7) is 7.12. The molecule has 5 nitrogen and oxygen atoms in total. The Morgan fingerprint density at radius 1 is 1.00 bits per heavy atom. The molecule has 8 heteroatoms. The zero-order chi connectivity index (χ0) is 27.7. The van der Waals surface area contributed by atoms with Gasteiger partial charge < -0.3 is 9.30 Å². The summed E-state index contributed by atoms with van der Waals surface area (Å²) in [5, 5.41) is 1.86. The van der Waals surface area contributed by atoms with Crippen LogP contribution < -0.4 is 4.74 Å². The van der Waals surface area contributed by atoms with E-state index in [1.54, 1.807) is 6.08 Å². The SMILES string of the molecule is Cc1ccc(C(C)C)c(OCCN2C(=O)S/C(=C\c3cn(Cc4c(Cl)cccc4Cl)c4ccccc34)C2=O)c1. The van der Waals surface area contributed by atoms with Crippen LogP contribution in [-0.4, -0.2) is 33.8 Å². The lowest BCUT2D eigenvalue weighted by Crippen LogP contribution is -2.32. The van der Waals surface area contributed by atoms with Crippen molar-refractivity contribution >= 4 is 63.1 Å². The first-order chi connectivity index (χ1) is 18.7. The van der Waals surface area contributed by atoms with Crippen LogP contribution in [0, 0.1) is 6.92 Å². The molecular weight excluding hydrogens is 551 g/mol. The van der Waals surface area contributed by atoms with E-state index in [4.69, 9.17) is 27.9 Å². The number of carbonyl (C=O) groups excluding carboxylic acids is 2. The van der Waals surface area contributed by atoms with Gasteiger partial charge in [-0.1, -0.05) is 73.4 Å². The minimum Gasteiger partial charge on any atom is -0.491 e. The van der Waals surface area contributed by atoms with Gasteiger partial charge in [-0.15, -0.1) is 0 Å². The molecule has 0 aliphatic carbocycles. The van der Waals surface area contributed by atoms with E-state index in [0.29, 0.717) is 27.4 Å². The number of thioether (sulfide) groups is 1. The van der Waals surface area contributed by atoms with Crippen LogP contribution in [0.15, 0.2) is 71.8 Å². The van der Waals surface area contributed by atoms with Crippen molar-refractivity contribution in [2.75, 3.05) is 13.2 Å². The molecule has 2 amide bonds. The fourth-order valence-electron chi connectivity index (χ4n) is 4.70. The lowest BCUT2D eigenvalue weighted by molar-refractivity contribution is -0.123. The molecule has 1 aliphatic heterocycles. The first-order valence-corrected chi connectivity index (χ1v) is 14.3. The second-order valence-electron chi connectivity index (χ2n) is 9.81. The average molecular weight is 580 g/mol. The first-order valence-electron chi connectivity index (χ1n) is 12.7. The predicted octanol–water partition coefficient (Wildman–Crippen LogP) is 8.54. The highest BCUT2D eigenvalue weighted by Crippen LogP contribution is 2.35. The number of imide groups is 1. The molecule has 1 aliphatic rings. The number of aryl methyl sites for hydroxylation is 1. The number of hydrogen-bond acceptors (Lipinski definition) is 4. The zero-order valence-electron chi connectivity index (χ0n) is 21.9. The van der Waals surface area contributed by atoms with Crippen molar-refractivity contribution in [3.63, 3.8) is 0 Å². The largest absolute Gasteiger partial charge is 0.491 e. The molecule has 0 bridgehead atoms. The highest BCUT2D eigenvalue weighted by atomic mass is 35.5. The maximum Gasteiger partial charge on any atom is 0.293 e. The molecule has 39 heavy (non-hydrogen) atoms. The van der Waals surface area contributed by atoms with Crippen LogP contribution >= 0.6 is 35.0 Å². The molecule has 0 N–H and O–H groups in total. The highest BCUT2D eigenvalue weighted by Gasteiger charge is 2.35. The Balaban J connectivity index is 1.36. The molecule has 4 aromatic rings. The number of fused-ring (bicyclic) bond motifs is 1. The number of para-hydroxylation sites is 1. The van der Waals surface area contributed by atoms with Crippen LogP contribution in [0.25, 0.3) is 17.0 Å². The second kappa shape index (κ2) is 11.5. The van der Waals surface area contributed by atoms with Gasteiger partial charge in [0.05, 0.1) is 18.0 Å². The summed E-state index contributed by atoms with van der Waals surface area (Å²) in [4.78, 5) is 27.7. The standard InChI is InChI=1S/C31H28Cl2N2O3S/c1-19(2)22-12-11-20(3)15-28(22)38-14-13-35-30(36)29(39-31(35)37)16-21-17-34(27-10-5-4-7-23(21)27)18-24-25(32)8-6-9-26(24)33/h4-12,15-17,19H,13-14,18H2,1-3H3/b29-16-. The third-order valence-corrected chi connectivity index (χ3v) is 8.35. The number of benzene rings is 3. The van der Waals surface area contributed by atoms with Crippen LogP contribution in [0.3, 0.4) is 0 Å². The summed E-state index contributed by atoms with van der Waals surface area (Å²) < 4.78 is 8.08. The lowest BCUT2D eigenvalue weighted by atomic mass is 10.0. The predicted molar refractivity (Wildman–Crippen MR) is 161 cm³/mol. The normalized spacial score (nSPS) is 14.8. The molecule has 0 radical (unpaired) electrons. The van der Waals surface area contributed by atoms with Gasteiger partial charge in [0, 0.05) is 38.3 Å². The average Bonchev–Trinajstić information content (AvgIpc) is 3.38. The fraction of sp³-hybridized carbons (Fsp3) is 0.226. The number of hydrogen-bond donors (Lipinski definition) is 0. The van der Waals surface area contributed by atoms with Gasteiger partial charge in [0.2, 0.25) is 0 Å². The van der Waals surface area contributed by atoms with Crippen LogP contribution in [0.5, 0.6) is 5.75 Å². The number of ether oxygens (including phenoxy) is 1. The van der Waals surface area contributed by atoms with Crippen LogP contribution in [0.2, 0.25) is 10.0 Å². The lowest BCUT2D eigenvalue weighted by Gasteiger charge is -2.17. The van der Waals surface area contributed by atoms with Crippen molar-refractivity contribution in [1.29, 1.82) is 0 Å². The highest BCUT2D eigenvalue weighted by molar-refractivity contribution is 8.18. The zero-order valence-corrected chi connectivity index (χ0v) is 24.2. The summed E-state index contributed by atoms with van der Waals surface area (Å²) in [6, 6.07) is 19.5. The molecule has 1 aromatic heterocycles. The van der Waals surface area contributed by atoms with E-state index < -0.39 is 0 Å². The molecule has 1 saturated heterocycles. The number of carbonyl (C=O) groups is 2. The van der Waals surface area contributed by atoms with E-state index in [9.17, 15) is 9.59 Å². The summed E-state index contributed by atoms with van der Waals surface area (Å²) >= 11 is 13.8. The third kappa shape index (κ3) is 5.74. The number of nitrogens with zero attached hydrogens (tertiary/aromatic N) is 2. The van der Waals surface area contributed by atoms with E-state index in [1.807, 2.05) is 61.7 Å². The molecule has 200 valence electrons. The first kappa shape index (κ1) is 27.4. The molecule has 2 heterocycles. The number of rotatable bonds is 8. The third-order valence-electron chi connectivity index (χ3n) is 6.73. The molecule has 0 spiro atoms. The van der Waals surface area contributed by atoms with Gasteiger partial charge in [-0.25, -0.2) is 0 Å². The van der Waals surface area contributed by atoms with Crippen LogP contribution in [-0.2, 0) is 11.3 Å². The second-order valence-corrected chi connectivity index (χ2v) is 11.6. The Bertz CT molecular complexity index is 1590. The number of amides is 2. The van der Waals surface area contributed by atoms with E-state index in [2.05, 4.69) is 30.5 Å². The van der Waals surface area contributed by atoms with Crippen molar-refractivity contribution in [3.8, 4) is 5.75 Å². The van der Waals surface area contributed by atoms with Gasteiger partial charge in [0.1, 0.15) is 12.4 Å². The Hall–Kier alpha value is -3.19.